The summed E-state index contributed by atoms with van der Waals surface area (Å²) in [5.41, 5.74) is 1.54. The number of hydrogen-bond donors (Lipinski definition) is 2. The number of nitrogens with zero attached hydrogens (tertiary/aromatic N) is 4. The molecule has 2 heterocycles. The van der Waals surface area contributed by atoms with Crippen LogP contribution in [0, 0.1) is 5.82 Å². The number of ether oxygens (including phenoxy) is 1. The molecule has 7 nitrogen and oxygen atoms in total. The van der Waals surface area contributed by atoms with Crippen molar-refractivity contribution in [2.75, 3.05) is 35.7 Å². The number of hydrogen-bond acceptors (Lipinski definition) is 7. The molecule has 1 fully saturated rings. The molecule has 4 rings (SSSR count). The van der Waals surface area contributed by atoms with Crippen molar-refractivity contribution in [3.05, 3.63) is 54.3 Å². The van der Waals surface area contributed by atoms with Crippen molar-refractivity contribution in [1.82, 2.24) is 15.0 Å². The molecule has 28 heavy (non-hydrogen) atoms. The average Bonchev–Trinajstić information content (AvgIpc) is 3.25. The van der Waals surface area contributed by atoms with Gasteiger partial charge in [-0.1, -0.05) is 0 Å². The highest BCUT2D eigenvalue weighted by atomic mass is 19.1. The number of aromatic nitrogens is 3. The van der Waals surface area contributed by atoms with E-state index in [1.54, 1.807) is 19.2 Å². The van der Waals surface area contributed by atoms with Crippen LogP contribution in [0.25, 0.3) is 0 Å². The highest BCUT2D eigenvalue weighted by Gasteiger charge is 2.17. The van der Waals surface area contributed by atoms with Crippen LogP contribution < -0.4 is 20.3 Å². The highest BCUT2D eigenvalue weighted by molar-refractivity contribution is 5.60. The molecular weight excluding hydrogens is 359 g/mol. The van der Waals surface area contributed by atoms with Gasteiger partial charge in [-0.05, 0) is 61.4 Å². The molecule has 1 aromatic heterocycles. The zero-order valence-corrected chi connectivity index (χ0v) is 15.5. The largest absolute Gasteiger partial charge is 0.497 e. The summed E-state index contributed by atoms with van der Waals surface area (Å²) in [5.74, 6) is 1.94. The number of methoxy groups -OCH3 is 1. The van der Waals surface area contributed by atoms with Crippen molar-refractivity contribution in [2.24, 2.45) is 0 Å². The van der Waals surface area contributed by atoms with Crippen LogP contribution in [-0.2, 0) is 0 Å². The van der Waals surface area contributed by atoms with Crippen LogP contribution in [0.3, 0.4) is 0 Å². The first-order valence-electron chi connectivity index (χ1n) is 9.14. The van der Waals surface area contributed by atoms with Crippen LogP contribution in [0.15, 0.2) is 48.5 Å². The van der Waals surface area contributed by atoms with Crippen molar-refractivity contribution >= 4 is 29.2 Å². The maximum absolute atomic E-state index is 13.2. The summed E-state index contributed by atoms with van der Waals surface area (Å²) >= 11 is 0. The Kier molecular flexibility index (Phi) is 5.18. The fourth-order valence-electron chi connectivity index (χ4n) is 3.00. The van der Waals surface area contributed by atoms with E-state index in [1.807, 2.05) is 24.3 Å². The van der Waals surface area contributed by atoms with E-state index in [4.69, 9.17) is 4.74 Å². The lowest BCUT2D eigenvalue weighted by Crippen LogP contribution is -2.21. The van der Waals surface area contributed by atoms with Crippen molar-refractivity contribution in [3.63, 3.8) is 0 Å². The van der Waals surface area contributed by atoms with Gasteiger partial charge in [-0.15, -0.1) is 0 Å². The summed E-state index contributed by atoms with van der Waals surface area (Å²) in [5, 5.41) is 6.33. The Labute approximate surface area is 162 Å². The molecule has 0 bridgehead atoms. The molecule has 0 amide bonds. The molecule has 2 aromatic carbocycles. The fourth-order valence-corrected chi connectivity index (χ4v) is 3.00. The van der Waals surface area contributed by atoms with E-state index in [9.17, 15) is 4.39 Å². The van der Waals surface area contributed by atoms with Gasteiger partial charge >= 0.3 is 0 Å². The Morgan fingerprint density at radius 2 is 1.36 bits per heavy atom. The molecule has 144 valence electrons. The van der Waals surface area contributed by atoms with E-state index < -0.39 is 0 Å². The van der Waals surface area contributed by atoms with Crippen LogP contribution in [-0.4, -0.2) is 35.2 Å². The molecular formula is C20H21FN6O. The van der Waals surface area contributed by atoms with E-state index in [2.05, 4.69) is 30.5 Å². The Morgan fingerprint density at radius 1 is 0.821 bits per heavy atom. The molecule has 8 heteroatoms. The first-order chi connectivity index (χ1) is 13.7. The van der Waals surface area contributed by atoms with Gasteiger partial charge in [-0.3, -0.25) is 0 Å². The maximum Gasteiger partial charge on any atom is 0.233 e. The lowest BCUT2D eigenvalue weighted by atomic mass is 10.3. The lowest BCUT2D eigenvalue weighted by molar-refractivity contribution is 0.415. The molecule has 2 N–H and O–H groups in total. The summed E-state index contributed by atoms with van der Waals surface area (Å²) < 4.78 is 18.3. The third-order valence-corrected chi connectivity index (χ3v) is 4.46. The van der Waals surface area contributed by atoms with Gasteiger partial charge in [0.25, 0.3) is 0 Å². The summed E-state index contributed by atoms with van der Waals surface area (Å²) in [6.07, 6.45) is 2.24. The monoisotopic (exact) mass is 380 g/mol. The Morgan fingerprint density at radius 3 is 1.89 bits per heavy atom. The van der Waals surface area contributed by atoms with Crippen molar-refractivity contribution < 1.29 is 9.13 Å². The molecule has 0 unspecified atom stereocenters. The van der Waals surface area contributed by atoms with Crippen LogP contribution in [0.2, 0.25) is 0 Å². The second-order valence-corrected chi connectivity index (χ2v) is 6.46. The first-order valence-corrected chi connectivity index (χ1v) is 9.14. The molecule has 0 spiro atoms. The smallest absolute Gasteiger partial charge is 0.233 e. The summed E-state index contributed by atoms with van der Waals surface area (Å²) in [4.78, 5) is 15.7. The molecule has 0 aliphatic carbocycles. The van der Waals surface area contributed by atoms with Gasteiger partial charge in [0.2, 0.25) is 17.8 Å². The van der Waals surface area contributed by atoms with E-state index in [0.29, 0.717) is 23.5 Å². The summed E-state index contributed by atoms with van der Waals surface area (Å²) in [7, 11) is 1.63. The number of anilines is 5. The molecule has 1 saturated heterocycles. The Hall–Kier alpha value is -3.42. The van der Waals surface area contributed by atoms with Crippen molar-refractivity contribution in [2.45, 2.75) is 12.8 Å². The molecule has 0 atom stereocenters. The Bertz CT molecular complexity index is 926. The van der Waals surface area contributed by atoms with Crippen LogP contribution in [0.5, 0.6) is 5.75 Å². The third kappa shape index (κ3) is 4.28. The van der Waals surface area contributed by atoms with Crippen molar-refractivity contribution in [1.29, 1.82) is 0 Å². The number of halogens is 1. The second kappa shape index (κ2) is 8.08. The van der Waals surface area contributed by atoms with Gasteiger partial charge in [-0.2, -0.15) is 15.0 Å². The normalized spacial score (nSPS) is 13.4. The Balaban J connectivity index is 1.61. The van der Waals surface area contributed by atoms with Gasteiger partial charge in [-0.25, -0.2) is 4.39 Å². The minimum absolute atomic E-state index is 0.291. The van der Waals surface area contributed by atoms with Crippen molar-refractivity contribution in [3.8, 4) is 5.75 Å². The van der Waals surface area contributed by atoms with E-state index >= 15 is 0 Å². The SMILES string of the molecule is COc1ccc(Nc2nc(Nc3ccc(F)cc3)nc(N3CCCC3)n2)cc1. The standard InChI is InChI=1S/C20H21FN6O/c1-28-17-10-8-16(9-11-17)23-19-24-18(22-15-6-4-14(21)5-7-15)25-20(26-19)27-12-2-3-13-27/h4-11H,2-3,12-13H2,1H3,(H2,22,23,24,25,26). The lowest BCUT2D eigenvalue weighted by Gasteiger charge is -2.17. The number of rotatable bonds is 6. The topological polar surface area (TPSA) is 75.2 Å². The second-order valence-electron chi connectivity index (χ2n) is 6.46. The quantitative estimate of drug-likeness (QED) is 0.667. The first kappa shape index (κ1) is 18.0. The van der Waals surface area contributed by atoms with Crippen LogP contribution >= 0.6 is 0 Å². The van der Waals surface area contributed by atoms with Gasteiger partial charge in [0.05, 0.1) is 7.11 Å². The molecule has 1 aliphatic heterocycles. The van der Waals surface area contributed by atoms with Gasteiger partial charge < -0.3 is 20.3 Å². The summed E-state index contributed by atoms with van der Waals surface area (Å²) in [6.45, 7) is 1.84. The molecule has 3 aromatic rings. The minimum Gasteiger partial charge on any atom is -0.497 e. The minimum atomic E-state index is -0.291. The van der Waals surface area contributed by atoms with Gasteiger partial charge in [0.1, 0.15) is 11.6 Å². The van der Waals surface area contributed by atoms with E-state index in [0.717, 1.165) is 37.4 Å². The summed E-state index contributed by atoms with van der Waals surface area (Å²) in [6, 6.07) is 13.6. The molecule has 0 radical (unpaired) electrons. The number of benzene rings is 2. The molecule has 0 saturated carbocycles. The predicted molar refractivity (Wildman–Crippen MR) is 107 cm³/mol. The van der Waals surface area contributed by atoms with E-state index in [-0.39, 0.29) is 5.82 Å². The van der Waals surface area contributed by atoms with Crippen LogP contribution in [0.1, 0.15) is 12.8 Å². The zero-order valence-electron chi connectivity index (χ0n) is 15.5. The average molecular weight is 380 g/mol. The van der Waals surface area contributed by atoms with Crippen LogP contribution in [0.4, 0.5) is 33.6 Å². The maximum atomic E-state index is 13.2. The predicted octanol–water partition coefficient (Wildman–Crippen LogP) is 4.11. The van der Waals surface area contributed by atoms with Gasteiger partial charge in [0, 0.05) is 24.5 Å². The van der Waals surface area contributed by atoms with Gasteiger partial charge in [0.15, 0.2) is 0 Å². The fraction of sp³-hybridized carbons (Fsp3) is 0.250. The molecule has 1 aliphatic rings. The number of nitrogens with one attached hydrogen (secondary N) is 2. The van der Waals surface area contributed by atoms with E-state index in [1.165, 1.54) is 12.1 Å². The zero-order chi connectivity index (χ0) is 19.3. The third-order valence-electron chi connectivity index (χ3n) is 4.46. The highest BCUT2D eigenvalue weighted by Crippen LogP contribution is 2.23.